The number of hydrogen-bond acceptors (Lipinski definition) is 3. The van der Waals surface area contributed by atoms with Crippen molar-refractivity contribution in [3.8, 4) is 0 Å². The molecule has 1 aliphatic heterocycles. The van der Waals surface area contributed by atoms with Crippen LogP contribution >= 0.6 is 0 Å². The van der Waals surface area contributed by atoms with Crippen LogP contribution in [0.5, 0.6) is 0 Å². The molecule has 1 saturated heterocycles. The first-order valence-corrected chi connectivity index (χ1v) is 10.6. The number of amides is 3. The number of carbonyl (C=O) groups excluding carboxylic acids is 3. The van der Waals surface area contributed by atoms with Gasteiger partial charge in [-0.15, -0.1) is 0 Å². The number of hydrogen-bond donors (Lipinski definition) is 2. The summed E-state index contributed by atoms with van der Waals surface area (Å²) in [5.41, 5.74) is 1.73. The molecule has 1 unspecified atom stereocenters. The Labute approximate surface area is 174 Å². The van der Waals surface area contributed by atoms with Crippen molar-refractivity contribution < 1.29 is 14.4 Å². The Bertz CT molecular complexity index is 714. The minimum Gasteiger partial charge on any atom is -0.356 e. The van der Waals surface area contributed by atoms with E-state index in [0.29, 0.717) is 38.0 Å². The molecule has 3 amide bonds. The standard InChI is InChI=1S/C23H35N3O3/c1-6-13-24-20(27)18-11-14-26(15-12-18)22(29)16(2)25-21(28)17-7-9-19(10-8-17)23(3,4)5/h7-10,16,18H,6,11-15H2,1-5H3,(H,24,27)(H,25,28). The zero-order valence-corrected chi connectivity index (χ0v) is 18.4. The van der Waals surface area contributed by atoms with Crippen molar-refractivity contribution in [2.45, 2.75) is 65.3 Å². The molecule has 1 aromatic rings. The first-order valence-electron chi connectivity index (χ1n) is 10.6. The molecule has 6 nitrogen and oxygen atoms in total. The van der Waals surface area contributed by atoms with E-state index in [4.69, 9.17) is 0 Å². The maximum Gasteiger partial charge on any atom is 0.251 e. The maximum absolute atomic E-state index is 12.7. The number of piperidine rings is 1. The minimum absolute atomic E-state index is 0.0256. The van der Waals surface area contributed by atoms with Gasteiger partial charge in [0.25, 0.3) is 5.91 Å². The summed E-state index contributed by atoms with van der Waals surface area (Å²) in [5.74, 6) is -0.298. The second-order valence-electron chi connectivity index (χ2n) is 8.91. The lowest BCUT2D eigenvalue weighted by atomic mass is 9.86. The highest BCUT2D eigenvalue weighted by atomic mass is 16.2. The van der Waals surface area contributed by atoms with Crippen LogP contribution in [-0.4, -0.2) is 48.3 Å². The van der Waals surface area contributed by atoms with Crippen molar-refractivity contribution in [3.05, 3.63) is 35.4 Å². The van der Waals surface area contributed by atoms with Crippen LogP contribution in [0, 0.1) is 5.92 Å². The molecule has 1 aliphatic rings. The summed E-state index contributed by atoms with van der Waals surface area (Å²) >= 11 is 0. The van der Waals surface area contributed by atoms with E-state index in [9.17, 15) is 14.4 Å². The van der Waals surface area contributed by atoms with Gasteiger partial charge in [0, 0.05) is 31.1 Å². The number of likely N-dealkylation sites (tertiary alicyclic amines) is 1. The van der Waals surface area contributed by atoms with Gasteiger partial charge < -0.3 is 15.5 Å². The molecule has 0 aromatic heterocycles. The molecule has 0 saturated carbocycles. The first kappa shape index (κ1) is 22.9. The van der Waals surface area contributed by atoms with Gasteiger partial charge in [-0.3, -0.25) is 14.4 Å². The van der Waals surface area contributed by atoms with Crippen LogP contribution in [-0.2, 0) is 15.0 Å². The highest BCUT2D eigenvalue weighted by Gasteiger charge is 2.29. The van der Waals surface area contributed by atoms with E-state index in [-0.39, 0.29) is 29.1 Å². The molecule has 0 aliphatic carbocycles. The Morgan fingerprint density at radius 2 is 1.69 bits per heavy atom. The topological polar surface area (TPSA) is 78.5 Å². The largest absolute Gasteiger partial charge is 0.356 e. The highest BCUT2D eigenvalue weighted by Crippen LogP contribution is 2.22. The summed E-state index contributed by atoms with van der Waals surface area (Å²) in [6.45, 7) is 11.9. The lowest BCUT2D eigenvalue weighted by Gasteiger charge is -2.33. The number of benzene rings is 1. The second-order valence-corrected chi connectivity index (χ2v) is 8.91. The van der Waals surface area contributed by atoms with Crippen LogP contribution in [0.4, 0.5) is 0 Å². The molecular formula is C23H35N3O3. The fourth-order valence-corrected chi connectivity index (χ4v) is 3.49. The molecule has 2 rings (SSSR count). The van der Waals surface area contributed by atoms with E-state index in [1.54, 1.807) is 24.0 Å². The number of carbonyl (C=O) groups is 3. The normalized spacial score (nSPS) is 16.2. The van der Waals surface area contributed by atoms with Crippen molar-refractivity contribution in [2.75, 3.05) is 19.6 Å². The minimum atomic E-state index is -0.602. The number of nitrogens with zero attached hydrogens (tertiary/aromatic N) is 1. The van der Waals surface area contributed by atoms with Crippen molar-refractivity contribution in [3.63, 3.8) is 0 Å². The van der Waals surface area contributed by atoms with Crippen LogP contribution in [0.25, 0.3) is 0 Å². The molecule has 2 N–H and O–H groups in total. The van der Waals surface area contributed by atoms with Gasteiger partial charge in [-0.2, -0.15) is 0 Å². The zero-order valence-electron chi connectivity index (χ0n) is 18.4. The zero-order chi connectivity index (χ0) is 21.6. The molecule has 1 heterocycles. The summed E-state index contributed by atoms with van der Waals surface area (Å²) in [6.07, 6.45) is 2.24. The van der Waals surface area contributed by atoms with Gasteiger partial charge in [0.1, 0.15) is 6.04 Å². The Kier molecular flexibility index (Phi) is 7.82. The molecular weight excluding hydrogens is 366 g/mol. The maximum atomic E-state index is 12.7. The molecule has 29 heavy (non-hydrogen) atoms. The van der Waals surface area contributed by atoms with Gasteiger partial charge in [0.15, 0.2) is 0 Å². The third-order valence-electron chi connectivity index (χ3n) is 5.46. The van der Waals surface area contributed by atoms with E-state index in [1.165, 1.54) is 0 Å². The average Bonchev–Trinajstić information content (AvgIpc) is 2.70. The van der Waals surface area contributed by atoms with E-state index in [2.05, 4.69) is 31.4 Å². The summed E-state index contributed by atoms with van der Waals surface area (Å²) < 4.78 is 0. The molecule has 1 atom stereocenters. The van der Waals surface area contributed by atoms with Crippen LogP contribution < -0.4 is 10.6 Å². The number of rotatable bonds is 6. The van der Waals surface area contributed by atoms with E-state index in [0.717, 1.165) is 12.0 Å². The Morgan fingerprint density at radius 1 is 1.10 bits per heavy atom. The van der Waals surface area contributed by atoms with Crippen LogP contribution in [0.1, 0.15) is 69.8 Å². The molecule has 6 heteroatoms. The quantitative estimate of drug-likeness (QED) is 0.769. The molecule has 1 aromatic carbocycles. The summed E-state index contributed by atoms with van der Waals surface area (Å²) in [4.78, 5) is 39.1. The summed E-state index contributed by atoms with van der Waals surface area (Å²) in [5, 5.41) is 5.73. The predicted octanol–water partition coefficient (Wildman–Crippen LogP) is 2.87. The molecule has 0 bridgehead atoms. The van der Waals surface area contributed by atoms with E-state index in [1.807, 2.05) is 19.1 Å². The van der Waals surface area contributed by atoms with Gasteiger partial charge in [-0.25, -0.2) is 0 Å². The Morgan fingerprint density at radius 3 is 2.21 bits per heavy atom. The Balaban J connectivity index is 1.86. The lowest BCUT2D eigenvalue weighted by molar-refractivity contribution is -0.136. The summed E-state index contributed by atoms with van der Waals surface area (Å²) in [6, 6.07) is 6.90. The van der Waals surface area contributed by atoms with Crippen LogP contribution in [0.15, 0.2) is 24.3 Å². The lowest BCUT2D eigenvalue weighted by Crippen LogP contribution is -2.50. The fourth-order valence-electron chi connectivity index (χ4n) is 3.49. The van der Waals surface area contributed by atoms with Gasteiger partial charge in [0.05, 0.1) is 0 Å². The van der Waals surface area contributed by atoms with Gasteiger partial charge in [0.2, 0.25) is 11.8 Å². The molecule has 1 fully saturated rings. The monoisotopic (exact) mass is 401 g/mol. The molecule has 0 spiro atoms. The SMILES string of the molecule is CCCNC(=O)C1CCN(C(=O)C(C)NC(=O)c2ccc(C(C)(C)C)cc2)CC1. The predicted molar refractivity (Wildman–Crippen MR) is 115 cm³/mol. The molecule has 0 radical (unpaired) electrons. The van der Waals surface area contributed by atoms with Crippen molar-refractivity contribution >= 4 is 17.7 Å². The second kappa shape index (κ2) is 9.90. The van der Waals surface area contributed by atoms with Gasteiger partial charge in [-0.1, -0.05) is 39.8 Å². The first-order chi connectivity index (χ1) is 13.6. The van der Waals surface area contributed by atoms with E-state index >= 15 is 0 Å². The summed E-state index contributed by atoms with van der Waals surface area (Å²) in [7, 11) is 0. The van der Waals surface area contributed by atoms with Crippen LogP contribution in [0.3, 0.4) is 0 Å². The Hall–Kier alpha value is -2.37. The third-order valence-corrected chi connectivity index (χ3v) is 5.46. The third kappa shape index (κ3) is 6.31. The van der Waals surface area contributed by atoms with E-state index < -0.39 is 6.04 Å². The fraction of sp³-hybridized carbons (Fsp3) is 0.609. The van der Waals surface area contributed by atoms with Gasteiger partial charge in [-0.05, 0) is 49.3 Å². The van der Waals surface area contributed by atoms with Gasteiger partial charge >= 0.3 is 0 Å². The average molecular weight is 402 g/mol. The van der Waals surface area contributed by atoms with Crippen molar-refractivity contribution in [2.24, 2.45) is 5.92 Å². The van der Waals surface area contributed by atoms with Crippen molar-refractivity contribution in [1.82, 2.24) is 15.5 Å². The van der Waals surface area contributed by atoms with Crippen LogP contribution in [0.2, 0.25) is 0 Å². The van der Waals surface area contributed by atoms with Crippen molar-refractivity contribution in [1.29, 1.82) is 0 Å². The highest BCUT2D eigenvalue weighted by molar-refractivity contribution is 5.97. The number of nitrogens with one attached hydrogen (secondary N) is 2. The smallest absolute Gasteiger partial charge is 0.251 e. The molecule has 160 valence electrons.